The predicted molar refractivity (Wildman–Crippen MR) is 98.1 cm³/mol. The Kier molecular flexibility index (Phi) is 6.32. The molecule has 0 aliphatic heterocycles. The Hall–Kier alpha value is -2.29. The van der Waals surface area contributed by atoms with Gasteiger partial charge in [-0.2, -0.15) is 0 Å². The van der Waals surface area contributed by atoms with Gasteiger partial charge >= 0.3 is 0 Å². The highest BCUT2D eigenvalue weighted by atomic mass is 32.2. The maximum absolute atomic E-state index is 10.1. The van der Waals surface area contributed by atoms with Gasteiger partial charge in [0.2, 0.25) is 0 Å². The van der Waals surface area contributed by atoms with E-state index in [9.17, 15) is 5.11 Å². The number of aliphatic hydroxyl groups is 1. The molecule has 0 bridgehead atoms. The zero-order valence-corrected chi connectivity index (χ0v) is 15.5. The molecule has 1 aromatic carbocycles. The minimum absolute atomic E-state index is 0.233. The summed E-state index contributed by atoms with van der Waals surface area (Å²) in [4.78, 5) is 0. The van der Waals surface area contributed by atoms with Gasteiger partial charge in [0.15, 0.2) is 11.0 Å². The Morgan fingerprint density at radius 3 is 2.73 bits per heavy atom. The van der Waals surface area contributed by atoms with Crippen molar-refractivity contribution in [3.63, 3.8) is 0 Å². The van der Waals surface area contributed by atoms with Crippen LogP contribution in [0.3, 0.4) is 0 Å². The third kappa shape index (κ3) is 4.66. The van der Waals surface area contributed by atoms with Gasteiger partial charge in [-0.25, -0.2) is 0 Å². The predicted octanol–water partition coefficient (Wildman–Crippen LogP) is 2.75. The van der Waals surface area contributed by atoms with Crippen molar-refractivity contribution in [3.8, 4) is 17.1 Å². The molecule has 0 spiro atoms. The van der Waals surface area contributed by atoms with E-state index in [1.54, 1.807) is 19.4 Å². The molecular formula is C18H21N3O4S. The second-order valence-electron chi connectivity index (χ2n) is 5.65. The highest BCUT2D eigenvalue weighted by molar-refractivity contribution is 7.99. The second kappa shape index (κ2) is 8.88. The Bertz CT molecular complexity index is 802. The van der Waals surface area contributed by atoms with Crippen molar-refractivity contribution in [2.75, 3.05) is 19.5 Å². The monoisotopic (exact) mass is 375 g/mol. The van der Waals surface area contributed by atoms with Gasteiger partial charge in [-0.1, -0.05) is 11.8 Å². The average Bonchev–Trinajstić information content (AvgIpc) is 3.30. The van der Waals surface area contributed by atoms with Gasteiger partial charge in [-0.15, -0.1) is 10.2 Å². The molecule has 0 aliphatic carbocycles. The molecule has 138 valence electrons. The number of methoxy groups -OCH3 is 1. The van der Waals surface area contributed by atoms with Crippen LogP contribution in [-0.2, 0) is 18.4 Å². The summed E-state index contributed by atoms with van der Waals surface area (Å²) >= 11 is 1.44. The molecular weight excluding hydrogens is 354 g/mol. The number of hydrogen-bond donors (Lipinski definition) is 1. The van der Waals surface area contributed by atoms with Crippen molar-refractivity contribution in [1.29, 1.82) is 0 Å². The van der Waals surface area contributed by atoms with Crippen LogP contribution in [0.1, 0.15) is 5.76 Å². The molecule has 0 fully saturated rings. The molecule has 26 heavy (non-hydrogen) atoms. The van der Waals surface area contributed by atoms with E-state index in [4.69, 9.17) is 13.9 Å². The second-order valence-corrected chi connectivity index (χ2v) is 6.64. The molecule has 0 saturated heterocycles. The first kappa shape index (κ1) is 18.5. The number of ether oxygens (including phenoxy) is 2. The smallest absolute Gasteiger partial charge is 0.191 e. The minimum Gasteiger partial charge on any atom is -0.497 e. The van der Waals surface area contributed by atoms with Crippen LogP contribution in [0.2, 0.25) is 0 Å². The first-order chi connectivity index (χ1) is 12.7. The normalized spacial score (nSPS) is 12.3. The molecule has 0 saturated carbocycles. The summed E-state index contributed by atoms with van der Waals surface area (Å²) in [7, 11) is 3.54. The summed E-state index contributed by atoms with van der Waals surface area (Å²) in [6.45, 7) is 0.581. The van der Waals surface area contributed by atoms with Crippen molar-refractivity contribution in [2.24, 2.45) is 7.05 Å². The number of hydrogen-bond acceptors (Lipinski definition) is 7. The Morgan fingerprint density at radius 2 is 2.04 bits per heavy atom. The third-order valence-electron chi connectivity index (χ3n) is 3.72. The standard InChI is InChI=1S/C18H21N3O4S/c1-21-17(13-5-7-15(23-2)8-6-13)19-20-18(21)26-12-14(22)10-24-11-16-4-3-9-25-16/h3-9,14,22H,10-12H2,1-2H3. The summed E-state index contributed by atoms with van der Waals surface area (Å²) in [5, 5.41) is 19.2. The maximum atomic E-state index is 10.1. The number of rotatable bonds is 9. The first-order valence-electron chi connectivity index (χ1n) is 8.12. The van der Waals surface area contributed by atoms with Crippen molar-refractivity contribution in [1.82, 2.24) is 14.8 Å². The molecule has 2 aromatic heterocycles. The van der Waals surface area contributed by atoms with E-state index < -0.39 is 6.10 Å². The molecule has 0 amide bonds. The molecule has 0 radical (unpaired) electrons. The van der Waals surface area contributed by atoms with Crippen LogP contribution >= 0.6 is 11.8 Å². The molecule has 7 nitrogen and oxygen atoms in total. The van der Waals surface area contributed by atoms with Crippen molar-refractivity contribution in [3.05, 3.63) is 48.4 Å². The maximum Gasteiger partial charge on any atom is 0.191 e. The summed E-state index contributed by atoms with van der Waals surface area (Å²) in [5.74, 6) is 2.76. The van der Waals surface area contributed by atoms with Gasteiger partial charge in [0, 0.05) is 18.4 Å². The van der Waals surface area contributed by atoms with Crippen LogP contribution in [0.5, 0.6) is 5.75 Å². The highest BCUT2D eigenvalue weighted by Gasteiger charge is 2.14. The zero-order chi connectivity index (χ0) is 18.4. The molecule has 0 aliphatic rings. The largest absolute Gasteiger partial charge is 0.497 e. The van der Waals surface area contributed by atoms with E-state index in [2.05, 4.69) is 10.2 Å². The van der Waals surface area contributed by atoms with Crippen LogP contribution in [0.25, 0.3) is 11.4 Å². The topological polar surface area (TPSA) is 82.5 Å². The number of aromatic nitrogens is 3. The van der Waals surface area contributed by atoms with Crippen LogP contribution in [-0.4, -0.2) is 45.4 Å². The van der Waals surface area contributed by atoms with Crippen molar-refractivity contribution >= 4 is 11.8 Å². The highest BCUT2D eigenvalue weighted by Crippen LogP contribution is 2.24. The Balaban J connectivity index is 1.51. The van der Waals surface area contributed by atoms with Gasteiger partial charge in [-0.3, -0.25) is 0 Å². The summed E-state index contributed by atoms with van der Waals surface area (Å²) in [6, 6.07) is 11.3. The van der Waals surface area contributed by atoms with Crippen LogP contribution in [0, 0.1) is 0 Å². The third-order valence-corrected chi connectivity index (χ3v) is 4.89. The molecule has 8 heteroatoms. The summed E-state index contributed by atoms with van der Waals surface area (Å²) < 4.78 is 17.7. The van der Waals surface area contributed by atoms with Crippen molar-refractivity contribution < 1.29 is 19.0 Å². The zero-order valence-electron chi connectivity index (χ0n) is 14.7. The number of nitrogens with zero attached hydrogens (tertiary/aromatic N) is 3. The van der Waals surface area contributed by atoms with E-state index in [1.165, 1.54) is 11.8 Å². The van der Waals surface area contributed by atoms with E-state index in [1.807, 2.05) is 41.9 Å². The van der Waals surface area contributed by atoms with Gasteiger partial charge in [0.1, 0.15) is 18.1 Å². The molecule has 3 rings (SSSR count). The molecule has 1 atom stereocenters. The Labute approximate surface area is 156 Å². The van der Waals surface area contributed by atoms with Crippen LogP contribution in [0.4, 0.5) is 0 Å². The lowest BCUT2D eigenvalue weighted by Crippen LogP contribution is -2.18. The SMILES string of the molecule is COc1ccc(-c2nnc(SCC(O)COCc3ccco3)n2C)cc1. The fourth-order valence-electron chi connectivity index (χ4n) is 2.34. The number of benzene rings is 1. The fourth-order valence-corrected chi connectivity index (χ4v) is 3.16. The van der Waals surface area contributed by atoms with Gasteiger partial charge in [0.25, 0.3) is 0 Å². The van der Waals surface area contributed by atoms with E-state index in [-0.39, 0.29) is 6.61 Å². The quantitative estimate of drug-likeness (QED) is 0.576. The number of thioether (sulfide) groups is 1. The average molecular weight is 375 g/mol. The first-order valence-corrected chi connectivity index (χ1v) is 9.10. The summed E-state index contributed by atoms with van der Waals surface area (Å²) in [6.07, 6.45) is 0.996. The number of aliphatic hydroxyl groups excluding tert-OH is 1. The van der Waals surface area contributed by atoms with Gasteiger partial charge in [-0.05, 0) is 36.4 Å². The lowest BCUT2D eigenvalue weighted by Gasteiger charge is -2.10. The van der Waals surface area contributed by atoms with Crippen LogP contribution in [0.15, 0.2) is 52.2 Å². The molecule has 2 heterocycles. The molecule has 3 aromatic rings. The molecule has 1 unspecified atom stereocenters. The van der Waals surface area contributed by atoms with Gasteiger partial charge in [0.05, 0.1) is 26.1 Å². The lowest BCUT2D eigenvalue weighted by molar-refractivity contribution is 0.0328. The van der Waals surface area contributed by atoms with Crippen LogP contribution < -0.4 is 4.74 Å². The lowest BCUT2D eigenvalue weighted by atomic mass is 10.2. The van der Waals surface area contributed by atoms with Gasteiger partial charge < -0.3 is 23.6 Å². The Morgan fingerprint density at radius 1 is 1.23 bits per heavy atom. The number of furan rings is 1. The summed E-state index contributed by atoms with van der Waals surface area (Å²) in [5.41, 5.74) is 0.954. The van der Waals surface area contributed by atoms with Crippen molar-refractivity contribution in [2.45, 2.75) is 17.9 Å². The van der Waals surface area contributed by atoms with E-state index in [0.29, 0.717) is 12.4 Å². The van der Waals surface area contributed by atoms with E-state index >= 15 is 0 Å². The minimum atomic E-state index is -0.601. The van der Waals surface area contributed by atoms with E-state index in [0.717, 1.165) is 28.1 Å². The fraction of sp³-hybridized carbons (Fsp3) is 0.333. The molecule has 1 N–H and O–H groups in total.